The highest BCUT2D eigenvalue weighted by Gasteiger charge is 2.14. The molecule has 1 amide bonds. The Balaban J connectivity index is 0.00000200. The molecule has 0 aromatic heterocycles. The van der Waals surface area contributed by atoms with E-state index in [2.05, 4.69) is 17.6 Å². The smallest absolute Gasteiger partial charge is 0.237 e. The number of ether oxygens (including phenoxy) is 2. The number of amides is 1. The van der Waals surface area contributed by atoms with Gasteiger partial charge in [0, 0.05) is 6.54 Å². The lowest BCUT2D eigenvalue weighted by molar-refractivity contribution is -0.122. The van der Waals surface area contributed by atoms with Crippen LogP contribution in [0.5, 0.6) is 11.5 Å². The molecule has 2 N–H and O–H groups in total. The largest absolute Gasteiger partial charge is 0.454 e. The van der Waals surface area contributed by atoms with Crippen LogP contribution in [0.4, 0.5) is 0 Å². The van der Waals surface area contributed by atoms with Gasteiger partial charge in [0.25, 0.3) is 0 Å². The van der Waals surface area contributed by atoms with Gasteiger partial charge in [0.2, 0.25) is 12.7 Å². The van der Waals surface area contributed by atoms with Gasteiger partial charge in [-0.1, -0.05) is 13.0 Å². The van der Waals surface area contributed by atoms with Crippen molar-refractivity contribution >= 4 is 18.3 Å². The van der Waals surface area contributed by atoms with Crippen molar-refractivity contribution in [1.29, 1.82) is 0 Å². The average molecular weight is 301 g/mol. The molecule has 20 heavy (non-hydrogen) atoms. The SMILES string of the molecule is CCCNC(C)C(=O)NCc1ccc2c(c1)OCO2.Cl. The fourth-order valence-electron chi connectivity index (χ4n) is 1.85. The molecule has 6 heteroatoms. The van der Waals surface area contributed by atoms with Crippen molar-refractivity contribution in [1.82, 2.24) is 10.6 Å². The number of halogens is 1. The van der Waals surface area contributed by atoms with Crippen molar-refractivity contribution in [3.63, 3.8) is 0 Å². The Morgan fingerprint density at radius 3 is 2.85 bits per heavy atom. The van der Waals surface area contributed by atoms with E-state index in [-0.39, 0.29) is 31.1 Å². The molecule has 1 aliphatic heterocycles. The molecule has 1 atom stereocenters. The zero-order valence-corrected chi connectivity index (χ0v) is 12.6. The van der Waals surface area contributed by atoms with Gasteiger partial charge in [-0.2, -0.15) is 0 Å². The molecule has 0 radical (unpaired) electrons. The lowest BCUT2D eigenvalue weighted by Gasteiger charge is -2.13. The van der Waals surface area contributed by atoms with Gasteiger partial charge < -0.3 is 20.1 Å². The number of fused-ring (bicyclic) bond motifs is 1. The van der Waals surface area contributed by atoms with E-state index in [9.17, 15) is 4.79 Å². The Morgan fingerprint density at radius 2 is 2.10 bits per heavy atom. The minimum absolute atomic E-state index is 0. The molecule has 5 nitrogen and oxygen atoms in total. The average Bonchev–Trinajstić information content (AvgIpc) is 2.89. The maximum absolute atomic E-state index is 11.8. The number of benzene rings is 1. The van der Waals surface area contributed by atoms with E-state index in [4.69, 9.17) is 9.47 Å². The summed E-state index contributed by atoms with van der Waals surface area (Å²) in [6, 6.07) is 5.52. The number of nitrogens with one attached hydrogen (secondary N) is 2. The van der Waals surface area contributed by atoms with Crippen LogP contribution in [0.25, 0.3) is 0 Å². The summed E-state index contributed by atoms with van der Waals surface area (Å²) in [6.45, 7) is 5.55. The first kappa shape index (κ1) is 16.6. The lowest BCUT2D eigenvalue weighted by Crippen LogP contribution is -2.42. The fourth-order valence-corrected chi connectivity index (χ4v) is 1.85. The molecular formula is C14H21ClN2O3. The molecule has 1 aromatic rings. The van der Waals surface area contributed by atoms with Gasteiger partial charge in [-0.3, -0.25) is 4.79 Å². The summed E-state index contributed by atoms with van der Waals surface area (Å²) >= 11 is 0. The highest BCUT2D eigenvalue weighted by molar-refractivity contribution is 5.85. The molecule has 1 unspecified atom stereocenters. The van der Waals surface area contributed by atoms with Gasteiger partial charge in [-0.05, 0) is 37.6 Å². The topological polar surface area (TPSA) is 59.6 Å². The first-order valence-electron chi connectivity index (χ1n) is 6.60. The molecule has 112 valence electrons. The number of hydrogen-bond donors (Lipinski definition) is 2. The van der Waals surface area contributed by atoms with E-state index in [1.807, 2.05) is 25.1 Å². The van der Waals surface area contributed by atoms with Gasteiger partial charge in [-0.25, -0.2) is 0 Å². The van der Waals surface area contributed by atoms with Gasteiger partial charge in [0.1, 0.15) is 0 Å². The molecule has 1 aromatic carbocycles. The van der Waals surface area contributed by atoms with E-state index in [0.717, 1.165) is 30.0 Å². The van der Waals surface area contributed by atoms with Gasteiger partial charge in [0.05, 0.1) is 6.04 Å². The third kappa shape index (κ3) is 4.28. The molecule has 1 aliphatic rings. The Labute approximate surface area is 125 Å². The zero-order valence-electron chi connectivity index (χ0n) is 11.8. The summed E-state index contributed by atoms with van der Waals surface area (Å²) in [5.74, 6) is 1.50. The Kier molecular flexibility index (Phi) is 6.61. The molecular weight excluding hydrogens is 280 g/mol. The second-order valence-corrected chi connectivity index (χ2v) is 4.58. The van der Waals surface area contributed by atoms with Crippen molar-refractivity contribution in [3.8, 4) is 11.5 Å². The summed E-state index contributed by atoms with van der Waals surface area (Å²) in [5.41, 5.74) is 1.00. The van der Waals surface area contributed by atoms with E-state index >= 15 is 0 Å². The van der Waals surface area contributed by atoms with Crippen molar-refractivity contribution in [2.75, 3.05) is 13.3 Å². The van der Waals surface area contributed by atoms with E-state index < -0.39 is 0 Å². The predicted octanol–water partition coefficient (Wildman–Crippen LogP) is 1.84. The first-order valence-corrected chi connectivity index (χ1v) is 6.60. The minimum atomic E-state index is -0.172. The number of hydrogen-bond acceptors (Lipinski definition) is 4. The predicted molar refractivity (Wildman–Crippen MR) is 79.4 cm³/mol. The summed E-state index contributed by atoms with van der Waals surface area (Å²) in [7, 11) is 0. The van der Waals surface area contributed by atoms with E-state index in [1.165, 1.54) is 0 Å². The Morgan fingerprint density at radius 1 is 1.35 bits per heavy atom. The van der Waals surface area contributed by atoms with Crippen LogP contribution in [0.15, 0.2) is 18.2 Å². The maximum atomic E-state index is 11.8. The second kappa shape index (κ2) is 7.97. The van der Waals surface area contributed by atoms with E-state index in [0.29, 0.717) is 6.54 Å². The normalized spacial score (nSPS) is 13.5. The van der Waals surface area contributed by atoms with Crippen molar-refractivity contribution < 1.29 is 14.3 Å². The van der Waals surface area contributed by atoms with Crippen LogP contribution in [0, 0.1) is 0 Å². The standard InChI is InChI=1S/C14H20N2O3.ClH/c1-3-6-15-10(2)14(17)16-8-11-4-5-12-13(7-11)19-9-18-12;/h4-5,7,10,15H,3,6,8-9H2,1-2H3,(H,16,17);1H. The quantitative estimate of drug-likeness (QED) is 0.842. The first-order chi connectivity index (χ1) is 9.20. The molecule has 0 fully saturated rings. The molecule has 0 spiro atoms. The minimum Gasteiger partial charge on any atom is -0.454 e. The monoisotopic (exact) mass is 300 g/mol. The van der Waals surface area contributed by atoms with Crippen molar-refractivity contribution in [2.24, 2.45) is 0 Å². The number of rotatable bonds is 6. The Bertz CT molecular complexity index is 454. The molecule has 0 saturated carbocycles. The fraction of sp³-hybridized carbons (Fsp3) is 0.500. The van der Waals surface area contributed by atoms with Crippen molar-refractivity contribution in [3.05, 3.63) is 23.8 Å². The van der Waals surface area contributed by atoms with Crippen LogP contribution in [0.3, 0.4) is 0 Å². The Hall–Kier alpha value is -1.46. The lowest BCUT2D eigenvalue weighted by atomic mass is 10.2. The maximum Gasteiger partial charge on any atom is 0.237 e. The zero-order chi connectivity index (χ0) is 13.7. The van der Waals surface area contributed by atoms with Gasteiger partial charge in [-0.15, -0.1) is 12.4 Å². The highest BCUT2D eigenvalue weighted by Crippen LogP contribution is 2.32. The summed E-state index contributed by atoms with van der Waals surface area (Å²) in [6.07, 6.45) is 1.01. The summed E-state index contributed by atoms with van der Waals surface area (Å²) in [4.78, 5) is 11.8. The third-order valence-corrected chi connectivity index (χ3v) is 3.00. The van der Waals surface area contributed by atoms with Crippen LogP contribution < -0.4 is 20.1 Å². The second-order valence-electron chi connectivity index (χ2n) is 4.58. The number of carbonyl (C=O) groups excluding carboxylic acids is 1. The van der Waals surface area contributed by atoms with Crippen LogP contribution in [-0.4, -0.2) is 25.3 Å². The van der Waals surface area contributed by atoms with Gasteiger partial charge in [0.15, 0.2) is 11.5 Å². The molecule has 0 saturated heterocycles. The van der Waals surface area contributed by atoms with Crippen LogP contribution in [0.1, 0.15) is 25.8 Å². The summed E-state index contributed by atoms with van der Waals surface area (Å²) in [5, 5.41) is 6.05. The van der Waals surface area contributed by atoms with Crippen LogP contribution >= 0.6 is 12.4 Å². The number of carbonyl (C=O) groups is 1. The highest BCUT2D eigenvalue weighted by atomic mass is 35.5. The van der Waals surface area contributed by atoms with Crippen LogP contribution in [-0.2, 0) is 11.3 Å². The summed E-state index contributed by atoms with van der Waals surface area (Å²) < 4.78 is 10.5. The molecule has 0 aliphatic carbocycles. The van der Waals surface area contributed by atoms with Crippen LogP contribution in [0.2, 0.25) is 0 Å². The molecule has 0 bridgehead atoms. The molecule has 1 heterocycles. The van der Waals surface area contributed by atoms with E-state index in [1.54, 1.807) is 0 Å². The third-order valence-electron chi connectivity index (χ3n) is 3.00. The van der Waals surface area contributed by atoms with Gasteiger partial charge >= 0.3 is 0 Å². The van der Waals surface area contributed by atoms with Crippen molar-refractivity contribution in [2.45, 2.75) is 32.9 Å². The molecule has 2 rings (SSSR count).